The summed E-state index contributed by atoms with van der Waals surface area (Å²) in [5, 5.41) is 0. The van der Waals surface area contributed by atoms with Gasteiger partial charge in [-0.2, -0.15) is 0 Å². The minimum Gasteiger partial charge on any atom is -0.462 e. The van der Waals surface area contributed by atoms with E-state index >= 15 is 0 Å². The highest BCUT2D eigenvalue weighted by atomic mass is 16.6. The van der Waals surface area contributed by atoms with Crippen LogP contribution in [-0.4, -0.2) is 37.2 Å². The Morgan fingerprint density at radius 2 is 0.470 bits per heavy atom. The van der Waals surface area contributed by atoms with Crippen LogP contribution in [0.4, 0.5) is 0 Å². The van der Waals surface area contributed by atoms with Crippen molar-refractivity contribution in [2.75, 3.05) is 13.2 Å². The van der Waals surface area contributed by atoms with Gasteiger partial charge in [-0.05, 0) is 103 Å². The highest BCUT2D eigenvalue weighted by molar-refractivity contribution is 5.71. The van der Waals surface area contributed by atoms with Gasteiger partial charge < -0.3 is 14.2 Å². The Labute approximate surface area is 517 Å². The van der Waals surface area contributed by atoms with Gasteiger partial charge in [-0.15, -0.1) is 0 Å². The van der Waals surface area contributed by atoms with Crippen LogP contribution in [0.1, 0.15) is 393 Å². The molecule has 0 rings (SSSR count). The van der Waals surface area contributed by atoms with Crippen molar-refractivity contribution >= 4 is 17.9 Å². The first-order valence-corrected chi connectivity index (χ1v) is 36.8. The molecule has 0 heterocycles. The molecule has 0 bridgehead atoms. The van der Waals surface area contributed by atoms with Gasteiger partial charge in [0.2, 0.25) is 0 Å². The summed E-state index contributed by atoms with van der Waals surface area (Å²) in [6.45, 7) is 6.58. The quantitative estimate of drug-likeness (QED) is 0.0261. The van der Waals surface area contributed by atoms with Crippen LogP contribution in [0, 0.1) is 0 Å². The molecule has 0 aliphatic carbocycles. The molecule has 0 N–H and O–H groups in total. The van der Waals surface area contributed by atoms with Crippen molar-refractivity contribution in [2.24, 2.45) is 0 Å². The van der Waals surface area contributed by atoms with E-state index in [0.29, 0.717) is 19.3 Å². The molecule has 0 spiro atoms. The van der Waals surface area contributed by atoms with Crippen molar-refractivity contribution in [1.29, 1.82) is 0 Å². The molecule has 0 aromatic rings. The van der Waals surface area contributed by atoms with Crippen LogP contribution in [0.3, 0.4) is 0 Å². The van der Waals surface area contributed by atoms with Crippen LogP contribution in [-0.2, 0) is 28.6 Å². The predicted octanol–water partition coefficient (Wildman–Crippen LogP) is 25.5. The van der Waals surface area contributed by atoms with E-state index in [-0.39, 0.29) is 31.1 Å². The summed E-state index contributed by atoms with van der Waals surface area (Å²) in [4.78, 5) is 38.5. The van der Waals surface area contributed by atoms with Crippen molar-refractivity contribution in [1.82, 2.24) is 0 Å². The number of allylic oxidation sites excluding steroid dienone is 10. The third-order valence-electron chi connectivity index (χ3n) is 16.5. The summed E-state index contributed by atoms with van der Waals surface area (Å²) in [5.41, 5.74) is 0. The van der Waals surface area contributed by atoms with Crippen molar-refractivity contribution in [2.45, 2.75) is 399 Å². The van der Waals surface area contributed by atoms with Gasteiger partial charge in [0, 0.05) is 19.3 Å². The standard InChI is InChI=1S/C77H140O6/c1-4-7-10-13-16-19-22-25-28-31-32-33-34-35-36-37-38-39-40-41-42-43-44-47-49-52-55-58-61-64-67-70-76(79)82-73-74(83-77(80)71-68-65-62-59-56-53-50-46-30-27-24-21-18-15-12-9-6-3)72-81-75(78)69-66-63-60-57-54-51-48-45-29-26-23-20-17-14-11-8-5-2/h9,12,18,21,26-27,29-32,74H,4-8,10-11,13-17,19-20,22-25,28,33-73H2,1-3H3/b12-9-,21-18-,29-26-,30-27-,32-31-. The van der Waals surface area contributed by atoms with Gasteiger partial charge in [0.15, 0.2) is 6.10 Å². The highest BCUT2D eigenvalue weighted by Crippen LogP contribution is 2.18. The Kier molecular flexibility index (Phi) is 69.1. The molecule has 6 heteroatoms. The van der Waals surface area contributed by atoms with Gasteiger partial charge in [-0.25, -0.2) is 0 Å². The SMILES string of the molecule is CC/C=C\C/C=C\C/C=C\CCCCCCCCCC(=O)OC(COC(=O)CCCCCCCCC/C=C\CCCCCCCC)COC(=O)CCCCCCCCCCCCCCCCCCCCC/C=C\CCCCCCCCCC. The first-order chi connectivity index (χ1) is 41.0. The van der Waals surface area contributed by atoms with Crippen molar-refractivity contribution in [3.63, 3.8) is 0 Å². The number of hydrogen-bond donors (Lipinski definition) is 0. The number of hydrogen-bond acceptors (Lipinski definition) is 6. The van der Waals surface area contributed by atoms with E-state index in [1.165, 1.54) is 270 Å². The lowest BCUT2D eigenvalue weighted by atomic mass is 10.0. The van der Waals surface area contributed by atoms with Gasteiger partial charge in [-0.1, -0.05) is 332 Å². The molecule has 0 radical (unpaired) electrons. The van der Waals surface area contributed by atoms with Crippen LogP contribution in [0.15, 0.2) is 60.8 Å². The summed E-state index contributed by atoms with van der Waals surface area (Å²) < 4.78 is 17.0. The fourth-order valence-corrected chi connectivity index (χ4v) is 11.0. The summed E-state index contributed by atoms with van der Waals surface area (Å²) in [6, 6.07) is 0. The van der Waals surface area contributed by atoms with E-state index in [2.05, 4.69) is 81.5 Å². The first kappa shape index (κ1) is 80.1. The third kappa shape index (κ3) is 69.8. The van der Waals surface area contributed by atoms with E-state index in [9.17, 15) is 14.4 Å². The van der Waals surface area contributed by atoms with Crippen molar-refractivity contribution in [3.8, 4) is 0 Å². The Morgan fingerprint density at radius 1 is 0.253 bits per heavy atom. The van der Waals surface area contributed by atoms with Gasteiger partial charge >= 0.3 is 17.9 Å². The molecular weight excluding hydrogens is 1020 g/mol. The lowest BCUT2D eigenvalue weighted by Crippen LogP contribution is -2.30. The zero-order valence-corrected chi connectivity index (χ0v) is 55.7. The minimum atomic E-state index is -0.782. The van der Waals surface area contributed by atoms with E-state index in [0.717, 1.165) is 83.5 Å². The Balaban J connectivity index is 4.21. The maximum atomic E-state index is 12.9. The molecule has 0 fully saturated rings. The summed E-state index contributed by atoms with van der Waals surface area (Å²) in [6.07, 6.45) is 92.7. The Morgan fingerprint density at radius 3 is 0.747 bits per heavy atom. The maximum absolute atomic E-state index is 12.9. The van der Waals surface area contributed by atoms with E-state index in [1.807, 2.05) is 0 Å². The van der Waals surface area contributed by atoms with Crippen LogP contribution < -0.4 is 0 Å². The average Bonchev–Trinajstić information content (AvgIpc) is 3.50. The normalized spacial score (nSPS) is 12.4. The van der Waals surface area contributed by atoms with Gasteiger partial charge in [-0.3, -0.25) is 14.4 Å². The molecule has 0 aliphatic heterocycles. The molecule has 0 amide bonds. The summed E-state index contributed by atoms with van der Waals surface area (Å²) in [7, 11) is 0. The average molecular weight is 1160 g/mol. The largest absolute Gasteiger partial charge is 0.462 e. The first-order valence-electron chi connectivity index (χ1n) is 36.8. The van der Waals surface area contributed by atoms with Crippen LogP contribution >= 0.6 is 0 Å². The zero-order valence-electron chi connectivity index (χ0n) is 55.7. The van der Waals surface area contributed by atoms with E-state index in [1.54, 1.807) is 0 Å². The number of carbonyl (C=O) groups excluding carboxylic acids is 3. The minimum absolute atomic E-state index is 0.0760. The maximum Gasteiger partial charge on any atom is 0.306 e. The topological polar surface area (TPSA) is 78.9 Å². The number of unbranched alkanes of at least 4 members (excludes halogenated alkanes) is 47. The molecule has 1 atom stereocenters. The van der Waals surface area contributed by atoms with Crippen molar-refractivity contribution < 1.29 is 28.6 Å². The van der Waals surface area contributed by atoms with Crippen LogP contribution in [0.2, 0.25) is 0 Å². The lowest BCUT2D eigenvalue weighted by Gasteiger charge is -2.18. The second-order valence-corrected chi connectivity index (χ2v) is 24.8. The van der Waals surface area contributed by atoms with Crippen molar-refractivity contribution in [3.05, 3.63) is 60.8 Å². The molecule has 0 saturated carbocycles. The fraction of sp³-hybridized carbons (Fsp3) is 0.831. The molecular formula is C77H140O6. The second-order valence-electron chi connectivity index (χ2n) is 24.8. The smallest absolute Gasteiger partial charge is 0.306 e. The monoisotopic (exact) mass is 1160 g/mol. The Hall–Kier alpha value is -2.89. The van der Waals surface area contributed by atoms with Gasteiger partial charge in [0.05, 0.1) is 0 Å². The van der Waals surface area contributed by atoms with Gasteiger partial charge in [0.25, 0.3) is 0 Å². The van der Waals surface area contributed by atoms with Crippen LogP contribution in [0.25, 0.3) is 0 Å². The lowest BCUT2D eigenvalue weighted by molar-refractivity contribution is -0.167. The molecule has 0 aliphatic rings. The summed E-state index contributed by atoms with van der Waals surface area (Å²) >= 11 is 0. The number of rotatable bonds is 68. The highest BCUT2D eigenvalue weighted by Gasteiger charge is 2.19. The second kappa shape index (κ2) is 71.6. The zero-order chi connectivity index (χ0) is 59.9. The molecule has 6 nitrogen and oxygen atoms in total. The number of ether oxygens (including phenoxy) is 3. The predicted molar refractivity (Wildman–Crippen MR) is 362 cm³/mol. The van der Waals surface area contributed by atoms with Crippen LogP contribution in [0.5, 0.6) is 0 Å². The summed E-state index contributed by atoms with van der Waals surface area (Å²) in [5.74, 6) is -0.866. The number of esters is 3. The fourth-order valence-electron chi connectivity index (χ4n) is 11.0. The molecule has 484 valence electrons. The molecule has 0 aromatic heterocycles. The van der Waals surface area contributed by atoms with E-state index < -0.39 is 6.10 Å². The molecule has 0 saturated heterocycles. The van der Waals surface area contributed by atoms with E-state index in [4.69, 9.17) is 14.2 Å². The molecule has 83 heavy (non-hydrogen) atoms. The molecule has 0 aromatic carbocycles. The van der Waals surface area contributed by atoms with Gasteiger partial charge in [0.1, 0.15) is 13.2 Å². The number of carbonyl (C=O) groups is 3. The third-order valence-corrected chi connectivity index (χ3v) is 16.5. The Bertz CT molecular complexity index is 1470. The molecule has 1 unspecified atom stereocenters.